The Labute approximate surface area is 187 Å². The first kappa shape index (κ1) is 25.6. The molecule has 3 heterocycles. The highest BCUT2D eigenvalue weighted by Crippen LogP contribution is 2.30. The van der Waals surface area contributed by atoms with Gasteiger partial charge in [0.15, 0.2) is 0 Å². The Bertz CT molecular complexity index is 935. The smallest absolute Gasteiger partial charge is 0.277 e. The molecule has 0 unspecified atom stereocenters. The summed E-state index contributed by atoms with van der Waals surface area (Å²) in [4.78, 5) is 30.4. The van der Waals surface area contributed by atoms with Gasteiger partial charge in [-0.3, -0.25) is 9.59 Å². The van der Waals surface area contributed by atoms with Crippen LogP contribution in [0.2, 0.25) is 0 Å². The molecule has 0 bridgehead atoms. The van der Waals surface area contributed by atoms with Gasteiger partial charge < -0.3 is 10.6 Å². The van der Waals surface area contributed by atoms with Gasteiger partial charge in [-0.15, -0.1) is 36.2 Å². The van der Waals surface area contributed by atoms with E-state index in [1.54, 1.807) is 7.05 Å². The number of halogens is 2. The van der Waals surface area contributed by atoms with Crippen molar-refractivity contribution in [1.82, 2.24) is 25.4 Å². The standard InChI is InChI=1S/C19H27N5O2S.2ClH/c1-11-12(2)23-24(5)18(26)14(11)17-22-13(3)15(27-17)16(25)21-10-19(4)6-8-20-9-7-19;;/h20H,6-10H2,1-5H3,(H,21,25);2*1H. The van der Waals surface area contributed by atoms with Crippen molar-refractivity contribution in [3.05, 3.63) is 32.2 Å². The Morgan fingerprint density at radius 2 is 1.83 bits per heavy atom. The van der Waals surface area contributed by atoms with Crippen LogP contribution in [-0.4, -0.2) is 40.3 Å². The van der Waals surface area contributed by atoms with Gasteiger partial charge in [0.2, 0.25) is 0 Å². The van der Waals surface area contributed by atoms with Gasteiger partial charge in [-0.2, -0.15) is 5.10 Å². The summed E-state index contributed by atoms with van der Waals surface area (Å²) >= 11 is 1.28. The molecule has 162 valence electrons. The summed E-state index contributed by atoms with van der Waals surface area (Å²) < 4.78 is 1.33. The van der Waals surface area contributed by atoms with E-state index < -0.39 is 0 Å². The van der Waals surface area contributed by atoms with Gasteiger partial charge in [0, 0.05) is 13.6 Å². The van der Waals surface area contributed by atoms with Gasteiger partial charge in [-0.1, -0.05) is 6.92 Å². The molecule has 1 amide bonds. The first-order chi connectivity index (χ1) is 12.7. The predicted octanol–water partition coefficient (Wildman–Crippen LogP) is 2.79. The van der Waals surface area contributed by atoms with Crippen LogP contribution in [0, 0.1) is 26.2 Å². The molecule has 1 saturated heterocycles. The second-order valence-corrected chi connectivity index (χ2v) is 8.69. The first-order valence-corrected chi connectivity index (χ1v) is 10.0. The van der Waals surface area contributed by atoms with Gasteiger partial charge in [0.05, 0.1) is 17.0 Å². The van der Waals surface area contributed by atoms with E-state index in [1.165, 1.54) is 16.0 Å². The monoisotopic (exact) mass is 461 g/mol. The van der Waals surface area contributed by atoms with Crippen LogP contribution in [0.3, 0.4) is 0 Å². The van der Waals surface area contributed by atoms with Gasteiger partial charge >= 0.3 is 0 Å². The zero-order valence-corrected chi connectivity index (χ0v) is 19.9. The molecule has 2 aromatic rings. The molecule has 0 saturated carbocycles. The lowest BCUT2D eigenvalue weighted by molar-refractivity contribution is 0.0925. The fourth-order valence-corrected chi connectivity index (χ4v) is 4.47. The van der Waals surface area contributed by atoms with E-state index in [0.29, 0.717) is 27.7 Å². The van der Waals surface area contributed by atoms with Crippen LogP contribution in [-0.2, 0) is 7.05 Å². The summed E-state index contributed by atoms with van der Waals surface area (Å²) in [6.07, 6.45) is 2.09. The van der Waals surface area contributed by atoms with E-state index in [9.17, 15) is 9.59 Å². The number of rotatable bonds is 4. The third-order valence-corrected chi connectivity index (χ3v) is 6.60. The van der Waals surface area contributed by atoms with Crippen molar-refractivity contribution < 1.29 is 4.79 Å². The normalized spacial score (nSPS) is 15.2. The van der Waals surface area contributed by atoms with Crippen molar-refractivity contribution in [3.8, 4) is 10.6 Å². The molecule has 10 heteroatoms. The van der Waals surface area contributed by atoms with Gasteiger partial charge in [-0.25, -0.2) is 9.67 Å². The summed E-state index contributed by atoms with van der Waals surface area (Å²) in [6, 6.07) is 0. The Kier molecular flexibility index (Phi) is 8.83. The zero-order chi connectivity index (χ0) is 19.8. The highest BCUT2D eigenvalue weighted by atomic mass is 35.5. The molecular formula is C19H29Cl2N5O2S. The Morgan fingerprint density at radius 1 is 1.21 bits per heavy atom. The maximum atomic E-state index is 12.7. The maximum Gasteiger partial charge on any atom is 0.277 e. The molecule has 2 N–H and O–H groups in total. The molecule has 1 fully saturated rings. The van der Waals surface area contributed by atoms with Crippen LogP contribution in [0.4, 0.5) is 0 Å². The number of piperidine rings is 1. The van der Waals surface area contributed by atoms with Crippen molar-refractivity contribution >= 4 is 42.1 Å². The van der Waals surface area contributed by atoms with Crippen LogP contribution in [0.5, 0.6) is 0 Å². The molecule has 1 aliphatic heterocycles. The number of amides is 1. The van der Waals surface area contributed by atoms with Gasteiger partial charge in [-0.05, 0) is 57.7 Å². The fourth-order valence-electron chi connectivity index (χ4n) is 3.40. The minimum atomic E-state index is -0.193. The maximum absolute atomic E-state index is 12.7. The number of nitrogens with one attached hydrogen (secondary N) is 2. The van der Waals surface area contributed by atoms with E-state index in [-0.39, 0.29) is 41.7 Å². The second kappa shape index (κ2) is 10.0. The summed E-state index contributed by atoms with van der Waals surface area (Å²) in [7, 11) is 1.63. The number of carbonyl (C=O) groups is 1. The Hall–Kier alpha value is -1.48. The number of hydrogen-bond donors (Lipinski definition) is 2. The average molecular weight is 462 g/mol. The van der Waals surface area contributed by atoms with Crippen molar-refractivity contribution in [2.75, 3.05) is 19.6 Å². The number of thiazole rings is 1. The molecule has 0 aromatic carbocycles. The SMILES string of the molecule is Cc1nc(-c2c(C)c(C)nn(C)c2=O)sc1C(=O)NCC1(C)CCNCC1.Cl.Cl. The summed E-state index contributed by atoms with van der Waals surface area (Å²) in [5, 5.41) is 11.2. The number of aromatic nitrogens is 3. The van der Waals surface area contributed by atoms with Crippen molar-refractivity contribution in [1.29, 1.82) is 0 Å². The summed E-state index contributed by atoms with van der Waals surface area (Å²) in [5.41, 5.74) is 2.70. The molecule has 0 spiro atoms. The van der Waals surface area contributed by atoms with Crippen LogP contribution in [0.1, 0.15) is 46.4 Å². The first-order valence-electron chi connectivity index (χ1n) is 9.23. The Balaban J connectivity index is 0.00000210. The molecule has 3 rings (SSSR count). The van der Waals surface area contributed by atoms with Crippen molar-refractivity contribution in [2.24, 2.45) is 12.5 Å². The van der Waals surface area contributed by atoms with E-state index in [0.717, 1.165) is 37.2 Å². The topological polar surface area (TPSA) is 88.9 Å². The fraction of sp³-hybridized carbons (Fsp3) is 0.579. The third-order valence-electron chi connectivity index (χ3n) is 5.43. The molecule has 1 aliphatic rings. The highest BCUT2D eigenvalue weighted by Gasteiger charge is 2.28. The quantitative estimate of drug-likeness (QED) is 0.730. The minimum Gasteiger partial charge on any atom is -0.351 e. The third kappa shape index (κ3) is 5.36. The predicted molar refractivity (Wildman–Crippen MR) is 122 cm³/mol. The highest BCUT2D eigenvalue weighted by molar-refractivity contribution is 7.17. The molecular weight excluding hydrogens is 433 g/mol. The lowest BCUT2D eigenvalue weighted by Gasteiger charge is -2.34. The lowest BCUT2D eigenvalue weighted by atomic mass is 9.81. The lowest BCUT2D eigenvalue weighted by Crippen LogP contribution is -2.42. The summed E-state index contributed by atoms with van der Waals surface area (Å²) in [5.74, 6) is -0.115. The molecule has 0 aliphatic carbocycles. The second-order valence-electron chi connectivity index (χ2n) is 7.69. The number of carbonyl (C=O) groups excluding carboxylic acids is 1. The largest absolute Gasteiger partial charge is 0.351 e. The minimum absolute atomic E-state index is 0. The molecule has 2 aromatic heterocycles. The van der Waals surface area contributed by atoms with E-state index in [2.05, 4.69) is 27.6 Å². The van der Waals surface area contributed by atoms with Crippen molar-refractivity contribution in [3.63, 3.8) is 0 Å². The van der Waals surface area contributed by atoms with Crippen LogP contribution < -0.4 is 16.2 Å². The van der Waals surface area contributed by atoms with Gasteiger partial charge in [0.25, 0.3) is 11.5 Å². The van der Waals surface area contributed by atoms with E-state index in [4.69, 9.17) is 0 Å². The van der Waals surface area contributed by atoms with Crippen molar-refractivity contribution in [2.45, 2.75) is 40.5 Å². The van der Waals surface area contributed by atoms with Crippen LogP contribution in [0.15, 0.2) is 4.79 Å². The van der Waals surface area contributed by atoms with E-state index in [1.807, 2.05) is 20.8 Å². The molecule has 7 nitrogen and oxygen atoms in total. The number of nitrogens with zero attached hydrogens (tertiary/aromatic N) is 3. The van der Waals surface area contributed by atoms with Crippen LogP contribution >= 0.6 is 36.2 Å². The number of hydrogen-bond acceptors (Lipinski definition) is 6. The molecule has 0 atom stereocenters. The molecule has 29 heavy (non-hydrogen) atoms. The zero-order valence-electron chi connectivity index (χ0n) is 17.4. The van der Waals surface area contributed by atoms with Gasteiger partial charge in [0.1, 0.15) is 9.88 Å². The van der Waals surface area contributed by atoms with E-state index >= 15 is 0 Å². The Morgan fingerprint density at radius 3 is 2.45 bits per heavy atom. The summed E-state index contributed by atoms with van der Waals surface area (Å²) in [6.45, 7) is 10.4. The number of aryl methyl sites for hydroxylation is 3. The molecule has 0 radical (unpaired) electrons. The van der Waals surface area contributed by atoms with Crippen LogP contribution in [0.25, 0.3) is 10.6 Å². The average Bonchev–Trinajstić information content (AvgIpc) is 3.00.